The number of hydrogen-bond donors (Lipinski definition) is 0. The van der Waals surface area contributed by atoms with Crippen LogP contribution in [0.15, 0.2) is 69.6 Å². The van der Waals surface area contributed by atoms with Crippen LogP contribution in [0, 0.1) is 12.7 Å². The van der Waals surface area contributed by atoms with Crippen molar-refractivity contribution < 1.29 is 13.9 Å². The summed E-state index contributed by atoms with van der Waals surface area (Å²) in [6, 6.07) is 13.3. The molecule has 158 valence electrons. The summed E-state index contributed by atoms with van der Waals surface area (Å²) in [7, 11) is 0. The van der Waals surface area contributed by atoms with Crippen molar-refractivity contribution in [1.82, 2.24) is 4.57 Å². The zero-order valence-corrected chi connectivity index (χ0v) is 18.2. The van der Waals surface area contributed by atoms with E-state index in [1.807, 2.05) is 31.2 Å². The molecule has 1 atom stereocenters. The maximum atomic E-state index is 14.2. The van der Waals surface area contributed by atoms with E-state index in [1.54, 1.807) is 32.0 Å². The highest BCUT2D eigenvalue weighted by Gasteiger charge is 2.33. The summed E-state index contributed by atoms with van der Waals surface area (Å²) >= 11 is 1.17. The molecule has 3 aromatic rings. The zero-order valence-electron chi connectivity index (χ0n) is 17.4. The van der Waals surface area contributed by atoms with Crippen molar-refractivity contribution in [2.24, 2.45) is 4.99 Å². The lowest BCUT2D eigenvalue weighted by molar-refractivity contribution is -0.139. The van der Waals surface area contributed by atoms with Crippen molar-refractivity contribution in [1.29, 1.82) is 0 Å². The molecule has 5 nitrogen and oxygen atoms in total. The number of aryl methyl sites for hydroxylation is 1. The van der Waals surface area contributed by atoms with Gasteiger partial charge in [0.05, 0.1) is 28.5 Å². The smallest absolute Gasteiger partial charge is 0.338 e. The number of hydrogen-bond acceptors (Lipinski definition) is 5. The maximum absolute atomic E-state index is 14.2. The Morgan fingerprint density at radius 2 is 1.90 bits per heavy atom. The van der Waals surface area contributed by atoms with E-state index >= 15 is 0 Å². The van der Waals surface area contributed by atoms with Gasteiger partial charge in [0.25, 0.3) is 5.56 Å². The SMILES string of the molecule is CCOC(=O)C1=C(C)N=c2sc(=Cc3ccccc3F)c(=O)n2C1c1ccc(C)cc1. The molecule has 1 aliphatic heterocycles. The molecule has 31 heavy (non-hydrogen) atoms. The van der Waals surface area contributed by atoms with Crippen LogP contribution in [0.5, 0.6) is 0 Å². The van der Waals surface area contributed by atoms with Gasteiger partial charge in [-0.15, -0.1) is 0 Å². The molecule has 0 radical (unpaired) electrons. The van der Waals surface area contributed by atoms with E-state index in [0.29, 0.717) is 26.2 Å². The Labute approximate surface area is 182 Å². The quantitative estimate of drug-likeness (QED) is 0.590. The van der Waals surface area contributed by atoms with Crippen LogP contribution in [0.2, 0.25) is 0 Å². The molecule has 0 fully saturated rings. The number of allylic oxidation sites excluding steroid dienone is 1. The van der Waals surface area contributed by atoms with E-state index in [-0.39, 0.29) is 12.2 Å². The third-order valence-corrected chi connectivity index (χ3v) is 6.08. The van der Waals surface area contributed by atoms with Gasteiger partial charge in [-0.1, -0.05) is 59.4 Å². The predicted molar refractivity (Wildman–Crippen MR) is 118 cm³/mol. The van der Waals surface area contributed by atoms with E-state index in [0.717, 1.165) is 11.1 Å². The lowest BCUT2D eigenvalue weighted by atomic mass is 9.95. The summed E-state index contributed by atoms with van der Waals surface area (Å²) in [5.74, 6) is -0.912. The fourth-order valence-electron chi connectivity index (χ4n) is 3.59. The van der Waals surface area contributed by atoms with Gasteiger partial charge in [-0.25, -0.2) is 14.2 Å². The lowest BCUT2D eigenvalue weighted by Crippen LogP contribution is -2.39. The van der Waals surface area contributed by atoms with E-state index in [2.05, 4.69) is 4.99 Å². The highest BCUT2D eigenvalue weighted by Crippen LogP contribution is 2.30. The Morgan fingerprint density at radius 3 is 2.58 bits per heavy atom. The Balaban J connectivity index is 1.97. The van der Waals surface area contributed by atoms with Gasteiger partial charge in [0.1, 0.15) is 5.82 Å². The van der Waals surface area contributed by atoms with Crippen LogP contribution < -0.4 is 14.9 Å². The van der Waals surface area contributed by atoms with Crippen LogP contribution in [0.25, 0.3) is 6.08 Å². The van der Waals surface area contributed by atoms with Crippen LogP contribution in [0.4, 0.5) is 4.39 Å². The number of carbonyl (C=O) groups excluding carboxylic acids is 1. The van der Waals surface area contributed by atoms with Gasteiger partial charge in [-0.05, 0) is 38.5 Å². The van der Waals surface area contributed by atoms with E-state index in [4.69, 9.17) is 4.74 Å². The maximum Gasteiger partial charge on any atom is 0.338 e. The second-order valence-corrected chi connectivity index (χ2v) is 8.24. The van der Waals surface area contributed by atoms with Crippen LogP contribution in [-0.2, 0) is 9.53 Å². The molecule has 0 saturated carbocycles. The highest BCUT2D eigenvalue weighted by molar-refractivity contribution is 7.07. The minimum absolute atomic E-state index is 0.216. The monoisotopic (exact) mass is 436 g/mol. The Hall–Kier alpha value is -3.32. The number of thiazole rings is 1. The van der Waals surface area contributed by atoms with Crippen molar-refractivity contribution in [2.75, 3.05) is 6.61 Å². The molecule has 1 aromatic heterocycles. The number of halogens is 1. The van der Waals surface area contributed by atoms with Gasteiger partial charge in [0.15, 0.2) is 4.80 Å². The number of carbonyl (C=O) groups is 1. The molecule has 0 spiro atoms. The van der Waals surface area contributed by atoms with Crippen LogP contribution in [-0.4, -0.2) is 17.1 Å². The standard InChI is InChI=1S/C24H21FN2O3S/c1-4-30-23(29)20-15(3)26-24-27(21(20)16-11-9-14(2)10-12-16)22(28)19(31-24)13-17-7-5-6-8-18(17)25/h5-13,21H,4H2,1-3H3. The Morgan fingerprint density at radius 1 is 1.19 bits per heavy atom. The molecule has 2 aromatic carbocycles. The van der Waals surface area contributed by atoms with Crippen molar-refractivity contribution in [2.45, 2.75) is 26.8 Å². The number of fused-ring (bicyclic) bond motifs is 1. The molecule has 7 heteroatoms. The average Bonchev–Trinajstić information content (AvgIpc) is 3.04. The number of ether oxygens (including phenoxy) is 1. The summed E-state index contributed by atoms with van der Waals surface area (Å²) in [4.78, 5) is 31.2. The molecule has 4 rings (SSSR count). The third kappa shape index (κ3) is 3.88. The van der Waals surface area contributed by atoms with Crippen molar-refractivity contribution >= 4 is 23.4 Å². The van der Waals surface area contributed by atoms with Gasteiger partial charge in [-0.3, -0.25) is 9.36 Å². The van der Waals surface area contributed by atoms with Crippen LogP contribution >= 0.6 is 11.3 Å². The zero-order chi connectivity index (χ0) is 22.1. The van der Waals surface area contributed by atoms with Crippen LogP contribution in [0.1, 0.15) is 36.6 Å². The third-order valence-electron chi connectivity index (χ3n) is 5.10. The molecule has 1 unspecified atom stereocenters. The second kappa shape index (κ2) is 8.43. The minimum Gasteiger partial charge on any atom is -0.463 e. The first-order valence-electron chi connectivity index (χ1n) is 9.91. The van der Waals surface area contributed by atoms with Gasteiger partial charge in [0.2, 0.25) is 0 Å². The van der Waals surface area contributed by atoms with E-state index in [9.17, 15) is 14.0 Å². The average molecular weight is 437 g/mol. The Bertz CT molecular complexity index is 1370. The molecule has 0 saturated heterocycles. The van der Waals surface area contributed by atoms with Gasteiger partial charge in [-0.2, -0.15) is 0 Å². The van der Waals surface area contributed by atoms with Crippen molar-refractivity contribution in [3.63, 3.8) is 0 Å². The molecule has 0 aliphatic carbocycles. The molecular weight excluding hydrogens is 415 g/mol. The van der Waals surface area contributed by atoms with E-state index < -0.39 is 17.8 Å². The normalized spacial score (nSPS) is 16.1. The fourth-order valence-corrected chi connectivity index (χ4v) is 4.63. The largest absolute Gasteiger partial charge is 0.463 e. The van der Waals surface area contributed by atoms with Crippen molar-refractivity contribution in [3.8, 4) is 0 Å². The number of nitrogens with zero attached hydrogens (tertiary/aromatic N) is 2. The summed E-state index contributed by atoms with van der Waals surface area (Å²) < 4.78 is 21.3. The molecule has 1 aliphatic rings. The summed E-state index contributed by atoms with van der Waals surface area (Å²) in [5, 5.41) is 0. The number of rotatable bonds is 4. The van der Waals surface area contributed by atoms with Gasteiger partial charge < -0.3 is 4.74 Å². The van der Waals surface area contributed by atoms with Crippen LogP contribution in [0.3, 0.4) is 0 Å². The molecule has 0 amide bonds. The summed E-state index contributed by atoms with van der Waals surface area (Å²) in [5.41, 5.74) is 2.67. The number of benzene rings is 2. The number of aromatic nitrogens is 1. The first-order valence-corrected chi connectivity index (χ1v) is 10.7. The molecule has 0 bridgehead atoms. The summed E-state index contributed by atoms with van der Waals surface area (Å²) in [6.07, 6.45) is 1.52. The topological polar surface area (TPSA) is 60.7 Å². The first kappa shape index (κ1) is 20.9. The second-order valence-electron chi connectivity index (χ2n) is 7.23. The lowest BCUT2D eigenvalue weighted by Gasteiger charge is -2.24. The molecule has 2 heterocycles. The molecule has 0 N–H and O–H groups in total. The predicted octanol–water partition coefficient (Wildman–Crippen LogP) is 3.25. The van der Waals surface area contributed by atoms with Crippen molar-refractivity contribution in [3.05, 3.63) is 102 Å². The number of esters is 1. The molecular formula is C24H21FN2O3S. The van der Waals surface area contributed by atoms with Gasteiger partial charge >= 0.3 is 5.97 Å². The Kier molecular flexibility index (Phi) is 5.69. The summed E-state index contributed by atoms with van der Waals surface area (Å²) in [6.45, 7) is 5.66. The van der Waals surface area contributed by atoms with Gasteiger partial charge in [0, 0.05) is 5.56 Å². The highest BCUT2D eigenvalue weighted by atomic mass is 32.1. The van der Waals surface area contributed by atoms with E-state index in [1.165, 1.54) is 28.0 Å². The minimum atomic E-state index is -0.668. The fraction of sp³-hybridized carbons (Fsp3) is 0.208. The first-order chi connectivity index (χ1) is 14.9.